The summed E-state index contributed by atoms with van der Waals surface area (Å²) in [6, 6.07) is 10.0. The van der Waals surface area contributed by atoms with Crippen molar-refractivity contribution in [3.63, 3.8) is 0 Å². The molecule has 0 fully saturated rings. The molecule has 0 aliphatic rings. The van der Waals surface area contributed by atoms with Crippen LogP contribution in [0.5, 0.6) is 5.75 Å². The molecule has 0 bridgehead atoms. The second kappa shape index (κ2) is 7.16. The fraction of sp³-hybridized carbons (Fsp3) is 0.125. The Kier molecular flexibility index (Phi) is 5.07. The van der Waals surface area contributed by atoms with Crippen molar-refractivity contribution in [3.05, 3.63) is 48.8 Å². The molecule has 0 amide bonds. The molecule has 0 unspecified atom stereocenters. The minimum absolute atomic E-state index is 0.341. The second-order valence-corrected chi connectivity index (χ2v) is 7.89. The van der Waals surface area contributed by atoms with E-state index in [0.29, 0.717) is 27.4 Å². The summed E-state index contributed by atoms with van der Waals surface area (Å²) in [5, 5.41) is -0.384. The summed E-state index contributed by atoms with van der Waals surface area (Å²) in [6.45, 7) is 0. The van der Waals surface area contributed by atoms with E-state index in [9.17, 15) is 21.6 Å². The van der Waals surface area contributed by atoms with Crippen molar-refractivity contribution in [2.75, 3.05) is 11.8 Å². The lowest BCUT2D eigenvalue weighted by atomic mass is 10.1. The number of hydrogen-bond acceptors (Lipinski definition) is 6. The zero-order valence-corrected chi connectivity index (χ0v) is 15.3. The van der Waals surface area contributed by atoms with Crippen molar-refractivity contribution in [1.82, 2.24) is 9.97 Å². The van der Waals surface area contributed by atoms with Gasteiger partial charge >= 0.3 is 15.5 Å². The Morgan fingerprint density at radius 1 is 1.04 bits per heavy atom. The first-order valence-electron chi connectivity index (χ1n) is 7.36. The monoisotopic (exact) mass is 415 g/mol. The molecule has 3 rings (SSSR count). The molecule has 2 heterocycles. The van der Waals surface area contributed by atoms with E-state index >= 15 is 0 Å². The van der Waals surface area contributed by atoms with Crippen LogP contribution in [-0.2, 0) is 10.0 Å². The van der Waals surface area contributed by atoms with Gasteiger partial charge in [0.25, 0.3) is 0 Å². The van der Waals surface area contributed by atoms with Crippen molar-refractivity contribution < 1.29 is 26.3 Å². The summed E-state index contributed by atoms with van der Waals surface area (Å²) in [5.74, 6) is 0.595. The Hall–Kier alpha value is -2.66. The molecular weight excluding hydrogens is 403 g/mol. The summed E-state index contributed by atoms with van der Waals surface area (Å²) < 4.78 is 67.4. The summed E-state index contributed by atoms with van der Waals surface area (Å²) in [6.07, 6.45) is 3.04. The van der Waals surface area contributed by atoms with Gasteiger partial charge in [-0.05, 0) is 42.0 Å². The zero-order valence-electron chi connectivity index (χ0n) is 13.7. The van der Waals surface area contributed by atoms with E-state index in [4.69, 9.17) is 4.74 Å². The van der Waals surface area contributed by atoms with Gasteiger partial charge < -0.3 is 4.74 Å². The number of rotatable bonds is 5. The molecule has 2 aromatic heterocycles. The molecule has 0 saturated carbocycles. The van der Waals surface area contributed by atoms with Crippen LogP contribution in [0.25, 0.3) is 21.7 Å². The van der Waals surface area contributed by atoms with Crippen LogP contribution < -0.4 is 9.46 Å². The van der Waals surface area contributed by atoms with Crippen molar-refractivity contribution in [2.45, 2.75) is 5.51 Å². The molecule has 0 spiro atoms. The molecule has 27 heavy (non-hydrogen) atoms. The van der Waals surface area contributed by atoms with Crippen molar-refractivity contribution in [3.8, 4) is 27.4 Å². The standard InChI is InChI=1S/C16H12F3N3O3S2/c1-25-12-4-2-10(3-5-12)13-14(11-6-8-20-9-7-11)26-15(21-13)22-27(23,24)16(17,18)19/h2-9H,1H3,(H,21,22). The Morgan fingerprint density at radius 2 is 1.67 bits per heavy atom. The molecule has 0 aliphatic heterocycles. The second-order valence-electron chi connectivity index (χ2n) is 5.21. The van der Waals surface area contributed by atoms with Gasteiger partial charge in [-0.15, -0.1) is 0 Å². The average molecular weight is 415 g/mol. The molecule has 3 aromatic rings. The van der Waals surface area contributed by atoms with Gasteiger partial charge in [0.2, 0.25) is 0 Å². The highest BCUT2D eigenvalue weighted by Crippen LogP contribution is 2.40. The largest absolute Gasteiger partial charge is 0.516 e. The van der Waals surface area contributed by atoms with Gasteiger partial charge in [0.15, 0.2) is 5.13 Å². The van der Waals surface area contributed by atoms with Crippen LogP contribution in [0.3, 0.4) is 0 Å². The first-order valence-corrected chi connectivity index (χ1v) is 9.66. The Balaban J connectivity index is 2.09. The molecule has 1 N–H and O–H groups in total. The highest BCUT2D eigenvalue weighted by Gasteiger charge is 2.46. The number of nitrogens with zero attached hydrogens (tertiary/aromatic N) is 2. The summed E-state index contributed by atoms with van der Waals surface area (Å²) in [4.78, 5) is 8.48. The topological polar surface area (TPSA) is 81.2 Å². The van der Waals surface area contributed by atoms with E-state index < -0.39 is 15.5 Å². The van der Waals surface area contributed by atoms with E-state index in [1.54, 1.807) is 36.4 Å². The number of nitrogens with one attached hydrogen (secondary N) is 1. The van der Waals surface area contributed by atoms with E-state index in [-0.39, 0.29) is 5.13 Å². The number of benzene rings is 1. The summed E-state index contributed by atoms with van der Waals surface area (Å²) >= 11 is 0.800. The number of aromatic nitrogens is 2. The lowest BCUT2D eigenvalue weighted by molar-refractivity contribution is -0.0429. The third-order valence-electron chi connectivity index (χ3n) is 3.46. The lowest BCUT2D eigenvalue weighted by Crippen LogP contribution is -2.29. The average Bonchev–Trinajstić information content (AvgIpc) is 3.04. The van der Waals surface area contributed by atoms with Crippen LogP contribution >= 0.6 is 11.3 Å². The van der Waals surface area contributed by atoms with Gasteiger partial charge in [0.05, 0.1) is 17.7 Å². The number of sulfonamides is 1. The van der Waals surface area contributed by atoms with Gasteiger partial charge in [-0.2, -0.15) is 21.6 Å². The highest BCUT2D eigenvalue weighted by molar-refractivity contribution is 7.93. The van der Waals surface area contributed by atoms with E-state index in [2.05, 4.69) is 9.97 Å². The van der Waals surface area contributed by atoms with Crippen LogP contribution in [-0.4, -0.2) is 31.0 Å². The molecule has 0 aliphatic carbocycles. The lowest BCUT2D eigenvalue weighted by Gasteiger charge is -2.07. The summed E-state index contributed by atoms with van der Waals surface area (Å²) in [7, 11) is -4.06. The minimum atomic E-state index is -5.56. The number of methoxy groups -OCH3 is 1. The Bertz CT molecular complexity index is 1030. The smallest absolute Gasteiger partial charge is 0.497 e. The summed E-state index contributed by atoms with van der Waals surface area (Å²) in [5.41, 5.74) is -3.86. The normalized spacial score (nSPS) is 12.0. The number of halogens is 3. The van der Waals surface area contributed by atoms with E-state index in [1.807, 2.05) is 0 Å². The third kappa shape index (κ3) is 4.03. The molecular formula is C16H12F3N3O3S2. The molecule has 142 valence electrons. The number of ether oxygens (including phenoxy) is 1. The Morgan fingerprint density at radius 3 is 2.22 bits per heavy atom. The van der Waals surface area contributed by atoms with Gasteiger partial charge in [-0.1, -0.05) is 11.3 Å². The first kappa shape index (κ1) is 19.1. The van der Waals surface area contributed by atoms with Crippen molar-refractivity contribution in [2.24, 2.45) is 0 Å². The maximum absolute atomic E-state index is 12.7. The number of thiazole rings is 1. The number of pyridine rings is 1. The van der Waals surface area contributed by atoms with E-state index in [1.165, 1.54) is 24.2 Å². The van der Waals surface area contributed by atoms with Gasteiger partial charge in [-0.3, -0.25) is 9.71 Å². The van der Waals surface area contributed by atoms with Gasteiger partial charge in [-0.25, -0.2) is 4.98 Å². The van der Waals surface area contributed by atoms with Gasteiger partial charge in [0, 0.05) is 18.0 Å². The SMILES string of the molecule is COc1ccc(-c2nc(NS(=O)(=O)C(F)(F)F)sc2-c2ccncc2)cc1. The quantitative estimate of drug-likeness (QED) is 0.677. The highest BCUT2D eigenvalue weighted by atomic mass is 32.2. The fourth-order valence-electron chi connectivity index (χ4n) is 2.18. The Labute approximate surface area is 156 Å². The molecule has 6 nitrogen and oxygen atoms in total. The molecule has 11 heteroatoms. The molecule has 0 atom stereocenters. The van der Waals surface area contributed by atoms with Gasteiger partial charge in [0.1, 0.15) is 5.75 Å². The maximum atomic E-state index is 12.7. The maximum Gasteiger partial charge on any atom is 0.516 e. The zero-order chi connectivity index (χ0) is 19.7. The van der Waals surface area contributed by atoms with Crippen LogP contribution in [0.2, 0.25) is 0 Å². The van der Waals surface area contributed by atoms with Crippen LogP contribution in [0.1, 0.15) is 0 Å². The van der Waals surface area contributed by atoms with Crippen LogP contribution in [0.15, 0.2) is 48.8 Å². The third-order valence-corrected chi connectivity index (χ3v) is 5.68. The molecule has 0 saturated heterocycles. The molecule has 0 radical (unpaired) electrons. The number of hydrogen-bond donors (Lipinski definition) is 1. The predicted molar refractivity (Wildman–Crippen MR) is 95.9 cm³/mol. The van der Waals surface area contributed by atoms with Crippen molar-refractivity contribution in [1.29, 1.82) is 0 Å². The predicted octanol–water partition coefficient (Wildman–Crippen LogP) is 4.14. The number of anilines is 1. The van der Waals surface area contributed by atoms with Crippen LogP contribution in [0.4, 0.5) is 18.3 Å². The fourth-order valence-corrected chi connectivity index (χ4v) is 3.91. The van der Waals surface area contributed by atoms with Crippen molar-refractivity contribution >= 4 is 26.5 Å². The first-order chi connectivity index (χ1) is 12.7. The van der Waals surface area contributed by atoms with Crippen LogP contribution in [0, 0.1) is 0 Å². The number of alkyl halides is 3. The van der Waals surface area contributed by atoms with E-state index in [0.717, 1.165) is 11.3 Å². The minimum Gasteiger partial charge on any atom is -0.497 e. The molecule has 1 aromatic carbocycles.